The van der Waals surface area contributed by atoms with E-state index in [1.165, 1.54) is 11.6 Å². The number of piperidine rings is 1. The minimum atomic E-state index is -0.791. The average Bonchev–Trinajstić information content (AvgIpc) is 2.99. The van der Waals surface area contributed by atoms with Crippen LogP contribution in [0.2, 0.25) is 0 Å². The van der Waals surface area contributed by atoms with E-state index in [-0.39, 0.29) is 17.5 Å². The van der Waals surface area contributed by atoms with Gasteiger partial charge in [-0.25, -0.2) is 8.78 Å². The Bertz CT molecular complexity index is 856. The van der Waals surface area contributed by atoms with Gasteiger partial charge in [-0.15, -0.1) is 0 Å². The minimum Gasteiger partial charge on any atom is -0.497 e. The van der Waals surface area contributed by atoms with Crippen LogP contribution in [0.3, 0.4) is 0 Å². The number of benzene rings is 2. The topological polar surface area (TPSA) is 32.8 Å². The molecule has 0 radical (unpaired) electrons. The van der Waals surface area contributed by atoms with Gasteiger partial charge in [-0.05, 0) is 48.6 Å². The first-order valence-corrected chi connectivity index (χ1v) is 9.65. The minimum absolute atomic E-state index is 0.0457. The van der Waals surface area contributed by atoms with Gasteiger partial charge >= 0.3 is 0 Å². The lowest BCUT2D eigenvalue weighted by molar-refractivity contribution is 0.0580. The molecule has 3 fully saturated rings. The summed E-state index contributed by atoms with van der Waals surface area (Å²) in [6, 6.07) is 11.2. The quantitative estimate of drug-likeness (QED) is 0.803. The Morgan fingerprint density at radius 3 is 2.57 bits per heavy atom. The molecule has 148 valence electrons. The Kier molecular flexibility index (Phi) is 5.31. The molecule has 3 aliphatic rings. The van der Waals surface area contributed by atoms with Gasteiger partial charge in [-0.1, -0.05) is 12.1 Å². The van der Waals surface area contributed by atoms with Gasteiger partial charge in [0.05, 0.1) is 12.7 Å². The molecule has 4 nitrogen and oxygen atoms in total. The Hall–Kier alpha value is -2.47. The molecular formula is C22H24F2N2O2. The molecule has 0 N–H and O–H groups in total. The molecule has 0 spiro atoms. The summed E-state index contributed by atoms with van der Waals surface area (Å²) in [4.78, 5) is 17.1. The fourth-order valence-corrected chi connectivity index (χ4v) is 4.36. The van der Waals surface area contributed by atoms with Crippen LogP contribution >= 0.6 is 0 Å². The second-order valence-electron chi connectivity index (χ2n) is 7.72. The van der Waals surface area contributed by atoms with Crippen molar-refractivity contribution in [2.75, 3.05) is 26.7 Å². The molecule has 5 rings (SSSR count). The zero-order valence-corrected chi connectivity index (χ0v) is 15.9. The average molecular weight is 386 g/mol. The summed E-state index contributed by atoms with van der Waals surface area (Å²) in [7, 11) is 1.65. The Morgan fingerprint density at radius 2 is 1.86 bits per heavy atom. The van der Waals surface area contributed by atoms with Gasteiger partial charge in [0.2, 0.25) is 0 Å². The number of ether oxygens (including phenoxy) is 1. The van der Waals surface area contributed by atoms with Crippen molar-refractivity contribution in [3.05, 3.63) is 65.2 Å². The highest BCUT2D eigenvalue weighted by molar-refractivity contribution is 5.94. The van der Waals surface area contributed by atoms with E-state index in [0.29, 0.717) is 12.5 Å². The molecule has 2 bridgehead atoms. The van der Waals surface area contributed by atoms with E-state index in [2.05, 4.69) is 17.0 Å². The molecule has 1 amide bonds. The molecule has 0 unspecified atom stereocenters. The van der Waals surface area contributed by atoms with Crippen molar-refractivity contribution >= 4 is 5.91 Å². The normalized spacial score (nSPS) is 22.2. The van der Waals surface area contributed by atoms with E-state index in [9.17, 15) is 13.6 Å². The number of fused-ring (bicyclic) bond motifs is 4. The van der Waals surface area contributed by atoms with Crippen molar-refractivity contribution in [2.45, 2.75) is 25.4 Å². The van der Waals surface area contributed by atoms with Crippen LogP contribution in [0.1, 0.15) is 28.8 Å². The predicted molar refractivity (Wildman–Crippen MR) is 102 cm³/mol. The van der Waals surface area contributed by atoms with Gasteiger partial charge in [0, 0.05) is 38.3 Å². The molecule has 3 aliphatic heterocycles. The van der Waals surface area contributed by atoms with E-state index in [4.69, 9.17) is 4.74 Å². The van der Waals surface area contributed by atoms with Crippen LogP contribution in [-0.4, -0.2) is 48.5 Å². The monoisotopic (exact) mass is 386 g/mol. The SMILES string of the molecule is COc1ccc(CN2C[C@H]3CC[C@@H](C2)N(C(=O)c2ccc(F)cc2F)C3)cc1. The third-order valence-corrected chi connectivity index (χ3v) is 5.78. The first kappa shape index (κ1) is 18.9. The maximum Gasteiger partial charge on any atom is 0.257 e. The van der Waals surface area contributed by atoms with Crippen molar-refractivity contribution in [1.29, 1.82) is 0 Å². The molecule has 3 saturated heterocycles. The smallest absolute Gasteiger partial charge is 0.257 e. The highest BCUT2D eigenvalue weighted by atomic mass is 19.1. The Labute approximate surface area is 163 Å². The van der Waals surface area contributed by atoms with Crippen molar-refractivity contribution in [3.63, 3.8) is 0 Å². The summed E-state index contributed by atoms with van der Waals surface area (Å²) >= 11 is 0. The van der Waals surface area contributed by atoms with Gasteiger partial charge in [0.15, 0.2) is 0 Å². The van der Waals surface area contributed by atoms with Crippen LogP contribution in [-0.2, 0) is 6.54 Å². The first-order valence-electron chi connectivity index (χ1n) is 9.65. The van der Waals surface area contributed by atoms with Crippen LogP contribution in [0.5, 0.6) is 5.75 Å². The summed E-state index contributed by atoms with van der Waals surface area (Å²) in [6.07, 6.45) is 1.98. The number of carbonyl (C=O) groups is 1. The summed E-state index contributed by atoms with van der Waals surface area (Å²) in [5, 5.41) is 0. The number of amides is 1. The molecule has 6 heteroatoms. The number of carbonyl (C=O) groups excluding carboxylic acids is 1. The predicted octanol–water partition coefficient (Wildman–Crippen LogP) is 3.71. The molecule has 0 aromatic heterocycles. The van der Waals surface area contributed by atoms with Crippen LogP contribution in [0.15, 0.2) is 42.5 Å². The zero-order valence-electron chi connectivity index (χ0n) is 15.9. The summed E-state index contributed by atoms with van der Waals surface area (Å²) in [5.41, 5.74) is 1.15. The number of nitrogens with zero attached hydrogens (tertiary/aromatic N) is 2. The van der Waals surface area contributed by atoms with Crippen LogP contribution in [0.4, 0.5) is 8.78 Å². The van der Waals surface area contributed by atoms with Crippen LogP contribution < -0.4 is 4.74 Å². The second-order valence-corrected chi connectivity index (χ2v) is 7.72. The van der Waals surface area contributed by atoms with Crippen molar-refractivity contribution in [2.24, 2.45) is 5.92 Å². The highest BCUT2D eigenvalue weighted by Gasteiger charge is 2.38. The summed E-state index contributed by atoms with van der Waals surface area (Å²) in [5.74, 6) is -0.599. The van der Waals surface area contributed by atoms with E-state index in [1.807, 2.05) is 12.1 Å². The van der Waals surface area contributed by atoms with Gasteiger partial charge in [-0.2, -0.15) is 0 Å². The van der Waals surface area contributed by atoms with E-state index >= 15 is 0 Å². The standard InChI is InChI=1S/C22H24F2N2O2/c1-28-19-7-3-15(4-8-19)11-25-12-16-2-6-18(14-25)26(13-16)22(27)20-9-5-17(23)10-21(20)24/h3-5,7-10,16,18H,2,6,11-14H2,1H3/t16-,18+/m1/s1. The number of rotatable bonds is 4. The fraction of sp³-hybridized carbons (Fsp3) is 0.409. The zero-order chi connectivity index (χ0) is 19.7. The lowest BCUT2D eigenvalue weighted by Crippen LogP contribution is -2.47. The van der Waals surface area contributed by atoms with Crippen LogP contribution in [0.25, 0.3) is 0 Å². The molecular weight excluding hydrogens is 362 g/mol. The van der Waals surface area contributed by atoms with E-state index < -0.39 is 11.6 Å². The van der Waals surface area contributed by atoms with E-state index in [1.54, 1.807) is 12.0 Å². The molecule has 0 aliphatic carbocycles. The van der Waals surface area contributed by atoms with E-state index in [0.717, 1.165) is 50.4 Å². The van der Waals surface area contributed by atoms with Crippen LogP contribution in [0, 0.1) is 17.6 Å². The fourth-order valence-electron chi connectivity index (χ4n) is 4.36. The lowest BCUT2D eigenvalue weighted by atomic mass is 9.94. The molecule has 0 saturated carbocycles. The third-order valence-electron chi connectivity index (χ3n) is 5.78. The molecule has 28 heavy (non-hydrogen) atoms. The van der Waals surface area contributed by atoms with Crippen molar-refractivity contribution in [3.8, 4) is 5.75 Å². The van der Waals surface area contributed by atoms with Gasteiger partial charge in [0.25, 0.3) is 5.91 Å². The number of methoxy groups -OCH3 is 1. The largest absolute Gasteiger partial charge is 0.497 e. The Balaban J connectivity index is 1.49. The lowest BCUT2D eigenvalue weighted by Gasteiger charge is -2.36. The molecule has 2 aromatic rings. The molecule has 2 atom stereocenters. The van der Waals surface area contributed by atoms with Gasteiger partial charge < -0.3 is 9.64 Å². The number of hydrogen-bond donors (Lipinski definition) is 0. The molecule has 2 aromatic carbocycles. The number of hydrogen-bond acceptors (Lipinski definition) is 3. The highest BCUT2D eigenvalue weighted by Crippen LogP contribution is 2.30. The molecule has 3 heterocycles. The summed E-state index contributed by atoms with van der Waals surface area (Å²) in [6.45, 7) is 3.11. The maximum absolute atomic E-state index is 14.1. The van der Waals surface area contributed by atoms with Crippen molar-refractivity contribution in [1.82, 2.24) is 9.80 Å². The second kappa shape index (κ2) is 7.87. The first-order chi connectivity index (χ1) is 13.5. The Morgan fingerprint density at radius 1 is 1.07 bits per heavy atom. The maximum atomic E-state index is 14.1. The van der Waals surface area contributed by atoms with Crippen molar-refractivity contribution < 1.29 is 18.3 Å². The third kappa shape index (κ3) is 3.87. The van der Waals surface area contributed by atoms with Gasteiger partial charge in [-0.3, -0.25) is 9.69 Å². The number of halogens is 2. The van der Waals surface area contributed by atoms with Gasteiger partial charge in [0.1, 0.15) is 17.4 Å². The summed E-state index contributed by atoms with van der Waals surface area (Å²) < 4.78 is 32.5.